The van der Waals surface area contributed by atoms with Crippen molar-refractivity contribution < 1.29 is 27.1 Å². The second-order valence-corrected chi connectivity index (χ2v) is 6.61. The summed E-state index contributed by atoms with van der Waals surface area (Å²) in [5, 5.41) is 2.58. The molecule has 1 heterocycles. The Hall–Kier alpha value is -3.07. The van der Waals surface area contributed by atoms with E-state index in [2.05, 4.69) is 22.9 Å². The molecule has 1 amide bonds. The Balaban J connectivity index is 2.00. The van der Waals surface area contributed by atoms with Crippen molar-refractivity contribution >= 4 is 24.2 Å². The Kier molecular flexibility index (Phi) is 6.31. The van der Waals surface area contributed by atoms with Crippen molar-refractivity contribution in [2.24, 2.45) is 0 Å². The number of ether oxygens (including phenoxy) is 1. The van der Waals surface area contributed by atoms with Gasteiger partial charge in [0.2, 0.25) is 0 Å². The van der Waals surface area contributed by atoms with Gasteiger partial charge in [-0.15, -0.1) is 0 Å². The van der Waals surface area contributed by atoms with Gasteiger partial charge in [0, 0.05) is 34.7 Å². The second-order valence-electron chi connectivity index (χ2n) is 6.29. The lowest BCUT2D eigenvalue weighted by Gasteiger charge is -2.15. The van der Waals surface area contributed by atoms with Crippen LogP contribution in [0.5, 0.6) is 5.75 Å². The first-order chi connectivity index (χ1) is 14.2. The van der Waals surface area contributed by atoms with Gasteiger partial charge in [-0.25, -0.2) is 4.39 Å². The number of benzene rings is 2. The van der Waals surface area contributed by atoms with Crippen LogP contribution in [0.4, 0.5) is 23.2 Å². The standard InChI is InChI=1S/C21H16F4N2O2S/c1-29-19-9-15(22)2-3-17(19)16-4-5-26-10-18(16)27-20(28)13-6-12(11-30)7-14(8-13)21(23,24)25/h2-10,30H,11H2,1H3,(H,27,28). The number of amides is 1. The number of carbonyl (C=O) groups excluding carboxylic acids is 1. The topological polar surface area (TPSA) is 51.2 Å². The van der Waals surface area contributed by atoms with Crippen molar-refractivity contribution in [3.63, 3.8) is 0 Å². The molecule has 30 heavy (non-hydrogen) atoms. The highest BCUT2D eigenvalue weighted by atomic mass is 32.1. The van der Waals surface area contributed by atoms with Crippen LogP contribution in [0.25, 0.3) is 11.1 Å². The molecule has 1 aromatic heterocycles. The third-order valence-corrected chi connectivity index (χ3v) is 4.65. The fourth-order valence-corrected chi connectivity index (χ4v) is 3.07. The van der Waals surface area contributed by atoms with Crippen LogP contribution in [0.2, 0.25) is 0 Å². The van der Waals surface area contributed by atoms with E-state index in [1.807, 2.05) is 0 Å². The average Bonchev–Trinajstić information content (AvgIpc) is 2.73. The molecule has 0 bridgehead atoms. The molecule has 0 spiro atoms. The quantitative estimate of drug-likeness (QED) is 0.405. The summed E-state index contributed by atoms with van der Waals surface area (Å²) in [4.78, 5) is 16.7. The fourth-order valence-electron chi connectivity index (χ4n) is 2.89. The monoisotopic (exact) mass is 436 g/mol. The summed E-state index contributed by atoms with van der Waals surface area (Å²) in [5.74, 6) is -0.985. The first kappa shape index (κ1) is 21.6. The van der Waals surface area contributed by atoms with E-state index in [-0.39, 0.29) is 28.3 Å². The summed E-state index contributed by atoms with van der Waals surface area (Å²) < 4.78 is 58.2. The van der Waals surface area contributed by atoms with E-state index in [4.69, 9.17) is 4.74 Å². The van der Waals surface area contributed by atoms with Crippen LogP contribution in [0.3, 0.4) is 0 Å². The molecule has 0 unspecified atom stereocenters. The summed E-state index contributed by atoms with van der Waals surface area (Å²) >= 11 is 4.01. The molecule has 0 atom stereocenters. The van der Waals surface area contributed by atoms with Crippen molar-refractivity contribution in [2.45, 2.75) is 11.9 Å². The van der Waals surface area contributed by atoms with Gasteiger partial charge < -0.3 is 10.1 Å². The molecule has 0 radical (unpaired) electrons. The lowest BCUT2D eigenvalue weighted by Crippen LogP contribution is -2.15. The minimum Gasteiger partial charge on any atom is -0.496 e. The van der Waals surface area contributed by atoms with Gasteiger partial charge in [0.1, 0.15) is 11.6 Å². The number of hydrogen-bond acceptors (Lipinski definition) is 4. The molecule has 0 saturated heterocycles. The second kappa shape index (κ2) is 8.74. The lowest BCUT2D eigenvalue weighted by atomic mass is 10.0. The predicted molar refractivity (Wildman–Crippen MR) is 108 cm³/mol. The minimum atomic E-state index is -4.60. The van der Waals surface area contributed by atoms with Crippen LogP contribution >= 0.6 is 12.6 Å². The summed E-state index contributed by atoms with van der Waals surface area (Å²) in [6.07, 6.45) is -1.78. The summed E-state index contributed by atoms with van der Waals surface area (Å²) in [5.41, 5.74) is 0.330. The first-order valence-corrected chi connectivity index (χ1v) is 9.27. The number of halogens is 4. The van der Waals surface area contributed by atoms with E-state index >= 15 is 0 Å². The van der Waals surface area contributed by atoms with E-state index in [1.165, 1.54) is 43.8 Å². The molecule has 0 saturated carbocycles. The maximum absolute atomic E-state index is 13.5. The number of nitrogens with one attached hydrogen (secondary N) is 1. The van der Waals surface area contributed by atoms with Crippen LogP contribution in [0, 0.1) is 5.82 Å². The number of nitrogens with zero attached hydrogens (tertiary/aromatic N) is 1. The molecule has 4 nitrogen and oxygen atoms in total. The molecular weight excluding hydrogens is 420 g/mol. The van der Waals surface area contributed by atoms with Gasteiger partial charge in [0.25, 0.3) is 5.91 Å². The smallest absolute Gasteiger partial charge is 0.416 e. The van der Waals surface area contributed by atoms with Gasteiger partial charge in [-0.05, 0) is 42.0 Å². The van der Waals surface area contributed by atoms with E-state index in [0.717, 1.165) is 12.1 Å². The third kappa shape index (κ3) is 4.73. The van der Waals surface area contributed by atoms with Crippen molar-refractivity contribution in [3.05, 3.63) is 77.4 Å². The Labute approximate surface area is 175 Å². The highest BCUT2D eigenvalue weighted by molar-refractivity contribution is 7.79. The van der Waals surface area contributed by atoms with E-state index in [9.17, 15) is 22.4 Å². The summed E-state index contributed by atoms with van der Waals surface area (Å²) in [7, 11) is 1.37. The van der Waals surface area contributed by atoms with Gasteiger partial charge >= 0.3 is 6.18 Å². The van der Waals surface area contributed by atoms with Gasteiger partial charge in [-0.1, -0.05) is 0 Å². The summed E-state index contributed by atoms with van der Waals surface area (Å²) in [6.45, 7) is 0. The number of aromatic nitrogens is 1. The number of methoxy groups -OCH3 is 1. The van der Waals surface area contributed by atoms with Crippen molar-refractivity contribution in [2.75, 3.05) is 12.4 Å². The maximum atomic E-state index is 13.5. The van der Waals surface area contributed by atoms with Crippen molar-refractivity contribution in [1.29, 1.82) is 0 Å². The zero-order chi connectivity index (χ0) is 21.9. The summed E-state index contributed by atoms with van der Waals surface area (Å²) in [6, 6.07) is 8.54. The van der Waals surface area contributed by atoms with Gasteiger partial charge in [0.05, 0.1) is 24.6 Å². The number of alkyl halides is 3. The molecular formula is C21H16F4N2O2S. The molecule has 0 aliphatic heterocycles. The fraction of sp³-hybridized carbons (Fsp3) is 0.143. The molecule has 156 valence electrons. The SMILES string of the molecule is COc1cc(F)ccc1-c1ccncc1NC(=O)c1cc(CS)cc(C(F)(F)F)c1. The Morgan fingerprint density at radius 1 is 1.13 bits per heavy atom. The number of thiol groups is 1. The van der Waals surface area contributed by atoms with Crippen LogP contribution < -0.4 is 10.1 Å². The number of hydrogen-bond donors (Lipinski definition) is 2. The van der Waals surface area contributed by atoms with Gasteiger partial charge in [0.15, 0.2) is 0 Å². The molecule has 9 heteroatoms. The predicted octanol–water partition coefficient (Wildman–Crippen LogP) is 5.60. The molecule has 0 aliphatic rings. The zero-order valence-electron chi connectivity index (χ0n) is 15.6. The molecule has 1 N–H and O–H groups in total. The van der Waals surface area contributed by atoms with Gasteiger partial charge in [-0.3, -0.25) is 9.78 Å². The maximum Gasteiger partial charge on any atom is 0.416 e. The number of pyridine rings is 1. The minimum absolute atomic E-state index is 0.0368. The highest BCUT2D eigenvalue weighted by Crippen LogP contribution is 2.36. The lowest BCUT2D eigenvalue weighted by molar-refractivity contribution is -0.137. The van der Waals surface area contributed by atoms with E-state index in [1.54, 1.807) is 6.07 Å². The van der Waals surface area contributed by atoms with Gasteiger partial charge in [-0.2, -0.15) is 25.8 Å². The van der Waals surface area contributed by atoms with E-state index < -0.39 is 23.5 Å². The largest absolute Gasteiger partial charge is 0.496 e. The molecule has 3 aromatic rings. The molecule has 2 aromatic carbocycles. The Morgan fingerprint density at radius 3 is 2.57 bits per heavy atom. The van der Waals surface area contributed by atoms with Crippen molar-refractivity contribution in [3.8, 4) is 16.9 Å². The number of rotatable bonds is 5. The van der Waals surface area contributed by atoms with Crippen LogP contribution in [0.15, 0.2) is 54.9 Å². The Bertz CT molecular complexity index is 1090. The number of anilines is 1. The highest BCUT2D eigenvalue weighted by Gasteiger charge is 2.31. The average molecular weight is 436 g/mol. The van der Waals surface area contributed by atoms with Crippen LogP contribution in [-0.4, -0.2) is 18.0 Å². The normalized spacial score (nSPS) is 11.3. The molecule has 0 aliphatic carbocycles. The van der Waals surface area contributed by atoms with Crippen molar-refractivity contribution in [1.82, 2.24) is 4.98 Å². The Morgan fingerprint density at radius 2 is 1.90 bits per heavy atom. The zero-order valence-corrected chi connectivity index (χ0v) is 16.5. The first-order valence-electron chi connectivity index (χ1n) is 8.64. The van der Waals surface area contributed by atoms with E-state index in [0.29, 0.717) is 11.1 Å². The molecule has 3 rings (SSSR count). The van der Waals surface area contributed by atoms with Crippen LogP contribution in [-0.2, 0) is 11.9 Å². The number of carbonyl (C=O) groups is 1. The third-order valence-electron chi connectivity index (χ3n) is 4.29. The van der Waals surface area contributed by atoms with Crippen LogP contribution in [0.1, 0.15) is 21.5 Å². The molecule has 0 fully saturated rings.